The first-order valence-electron chi connectivity index (χ1n) is 8.74. The van der Waals surface area contributed by atoms with Gasteiger partial charge in [0.25, 0.3) is 0 Å². The number of benzene rings is 1. The molecule has 6 heteroatoms. The van der Waals surface area contributed by atoms with E-state index in [1.165, 1.54) is 18.2 Å². The summed E-state index contributed by atoms with van der Waals surface area (Å²) >= 11 is 0. The molecule has 5 nitrogen and oxygen atoms in total. The van der Waals surface area contributed by atoms with Gasteiger partial charge in [-0.25, -0.2) is 18.5 Å². The van der Waals surface area contributed by atoms with Gasteiger partial charge in [-0.2, -0.15) is 0 Å². The minimum absolute atomic E-state index is 0.00660. The molecule has 2 aromatic rings. The third-order valence-electron chi connectivity index (χ3n) is 4.05. The fourth-order valence-corrected chi connectivity index (χ4v) is 2.86. The van der Waals surface area contributed by atoms with Crippen LogP contribution in [0, 0.1) is 17.2 Å². The number of nitrogens with zero attached hydrogens (tertiary/aromatic N) is 1. The first-order chi connectivity index (χ1) is 12.0. The van der Waals surface area contributed by atoms with Crippen LogP contribution < -0.4 is 0 Å². The maximum absolute atomic E-state index is 14.0. The quantitative estimate of drug-likeness (QED) is 0.751. The monoisotopic (exact) mass is 363 g/mol. The zero-order valence-electron chi connectivity index (χ0n) is 15.9. The molecule has 1 heterocycles. The van der Waals surface area contributed by atoms with Gasteiger partial charge in [-0.1, -0.05) is 34.6 Å². The fourth-order valence-electron chi connectivity index (χ4n) is 2.86. The predicted octanol–water partition coefficient (Wildman–Crippen LogP) is 5.10. The second-order valence-corrected chi connectivity index (χ2v) is 8.19. The number of hydrogen-bond acceptors (Lipinski definition) is 3. The van der Waals surface area contributed by atoms with Crippen molar-refractivity contribution in [2.75, 3.05) is 6.61 Å². The number of ether oxygens (including phenoxy) is 1. The van der Waals surface area contributed by atoms with Crippen LogP contribution in [0.15, 0.2) is 18.2 Å². The molecule has 0 radical (unpaired) electrons. The lowest BCUT2D eigenvalue weighted by Gasteiger charge is -2.17. The van der Waals surface area contributed by atoms with E-state index in [9.17, 15) is 19.1 Å². The van der Waals surface area contributed by atoms with Crippen LogP contribution in [0.4, 0.5) is 9.18 Å². The van der Waals surface area contributed by atoms with Crippen molar-refractivity contribution in [3.05, 3.63) is 35.3 Å². The van der Waals surface area contributed by atoms with E-state index in [0.717, 1.165) is 4.57 Å². The van der Waals surface area contributed by atoms with Crippen molar-refractivity contribution in [2.45, 2.75) is 47.5 Å². The molecule has 142 valence electrons. The van der Waals surface area contributed by atoms with Crippen LogP contribution in [-0.4, -0.2) is 28.3 Å². The molecule has 0 saturated heterocycles. The molecule has 26 heavy (non-hydrogen) atoms. The normalized spacial score (nSPS) is 12.0. The van der Waals surface area contributed by atoms with E-state index in [-0.39, 0.29) is 23.6 Å². The second kappa shape index (κ2) is 7.48. The number of aromatic nitrogens is 1. The summed E-state index contributed by atoms with van der Waals surface area (Å²) in [7, 11) is 0. The van der Waals surface area contributed by atoms with Gasteiger partial charge >= 0.3 is 12.1 Å². The molecule has 1 aromatic heterocycles. The molecule has 0 saturated carbocycles. The summed E-state index contributed by atoms with van der Waals surface area (Å²) in [6.45, 7) is 10.2. The van der Waals surface area contributed by atoms with Crippen LogP contribution in [0.3, 0.4) is 0 Å². The van der Waals surface area contributed by atoms with E-state index in [1.807, 2.05) is 34.6 Å². The number of fused-ring (bicyclic) bond motifs is 1. The Bertz CT molecular complexity index is 830. The van der Waals surface area contributed by atoms with Gasteiger partial charge in [0.05, 0.1) is 12.1 Å². The van der Waals surface area contributed by atoms with Crippen molar-refractivity contribution >= 4 is 23.0 Å². The topological polar surface area (TPSA) is 68.5 Å². The number of carbonyl (C=O) groups excluding carboxylic acids is 1. The smallest absolute Gasteiger partial charge is 0.416 e. The van der Waals surface area contributed by atoms with E-state index < -0.39 is 17.9 Å². The number of rotatable bonds is 5. The van der Waals surface area contributed by atoms with E-state index in [1.54, 1.807) is 0 Å². The summed E-state index contributed by atoms with van der Waals surface area (Å²) in [6, 6.07) is 3.96. The van der Waals surface area contributed by atoms with Gasteiger partial charge < -0.3 is 9.84 Å². The Labute approximate surface area is 152 Å². The summed E-state index contributed by atoms with van der Waals surface area (Å²) in [6.07, 6.45) is -0.136. The highest BCUT2D eigenvalue weighted by Gasteiger charge is 2.24. The van der Waals surface area contributed by atoms with E-state index >= 15 is 0 Å². The zero-order valence-corrected chi connectivity index (χ0v) is 15.9. The molecule has 0 aliphatic rings. The largest absolute Gasteiger partial charge is 0.464 e. The standard InChI is InChI=1S/C20H26FNO4/c1-12(2)8-13-9-15(21)10-14-11-16(22(17(13)14)19(24)25)18(23)26-7-6-20(3,4)5/h9-12H,6-8H2,1-5H3,(H,24,25). The number of carbonyl (C=O) groups is 2. The summed E-state index contributed by atoms with van der Waals surface area (Å²) in [5, 5.41) is 10.0. The van der Waals surface area contributed by atoms with Gasteiger partial charge in [-0.05, 0) is 47.9 Å². The van der Waals surface area contributed by atoms with Crippen molar-refractivity contribution < 1.29 is 23.8 Å². The molecule has 2 rings (SSSR count). The molecule has 0 aliphatic carbocycles. The summed E-state index contributed by atoms with van der Waals surface area (Å²) < 4.78 is 20.1. The molecule has 0 unspecified atom stereocenters. The molecular weight excluding hydrogens is 337 g/mol. The molecule has 0 bridgehead atoms. The lowest BCUT2D eigenvalue weighted by molar-refractivity contribution is 0.0453. The van der Waals surface area contributed by atoms with Gasteiger partial charge in [-0.3, -0.25) is 0 Å². The minimum atomic E-state index is -1.29. The Hall–Kier alpha value is -2.37. The summed E-state index contributed by atoms with van der Waals surface area (Å²) in [4.78, 5) is 24.3. The maximum Gasteiger partial charge on any atom is 0.416 e. The van der Waals surface area contributed by atoms with Crippen molar-refractivity contribution in [3.63, 3.8) is 0 Å². The van der Waals surface area contributed by atoms with Gasteiger partial charge in [-0.15, -0.1) is 0 Å². The van der Waals surface area contributed by atoms with Crippen molar-refractivity contribution in [1.29, 1.82) is 0 Å². The molecule has 0 amide bonds. The number of hydrogen-bond donors (Lipinski definition) is 1. The average molecular weight is 363 g/mol. The molecule has 1 N–H and O–H groups in total. The van der Waals surface area contributed by atoms with Gasteiger partial charge in [0.2, 0.25) is 0 Å². The van der Waals surface area contributed by atoms with Gasteiger partial charge in [0.15, 0.2) is 0 Å². The Balaban J connectivity index is 2.48. The highest BCUT2D eigenvalue weighted by molar-refractivity contribution is 6.02. The maximum atomic E-state index is 14.0. The summed E-state index contributed by atoms with van der Waals surface area (Å²) in [5.41, 5.74) is 0.798. The second-order valence-electron chi connectivity index (χ2n) is 8.19. The minimum Gasteiger partial charge on any atom is -0.464 e. The Morgan fingerprint density at radius 3 is 2.42 bits per heavy atom. The van der Waals surface area contributed by atoms with Gasteiger partial charge in [0.1, 0.15) is 11.5 Å². The Kier molecular flexibility index (Phi) is 5.74. The lowest BCUT2D eigenvalue weighted by atomic mass is 9.93. The van der Waals surface area contributed by atoms with Crippen molar-refractivity contribution in [1.82, 2.24) is 4.57 Å². The molecule has 0 atom stereocenters. The van der Waals surface area contributed by atoms with Crippen LogP contribution >= 0.6 is 0 Å². The molecule has 1 aromatic carbocycles. The highest BCUT2D eigenvalue weighted by atomic mass is 19.1. The first-order valence-corrected chi connectivity index (χ1v) is 8.74. The third-order valence-corrected chi connectivity index (χ3v) is 4.05. The van der Waals surface area contributed by atoms with Crippen LogP contribution in [0.1, 0.15) is 57.1 Å². The lowest BCUT2D eigenvalue weighted by Crippen LogP contribution is -2.19. The fraction of sp³-hybridized carbons (Fsp3) is 0.500. The van der Waals surface area contributed by atoms with Crippen LogP contribution in [0.25, 0.3) is 10.9 Å². The molecule has 0 fully saturated rings. The zero-order chi connectivity index (χ0) is 19.6. The van der Waals surface area contributed by atoms with E-state index in [0.29, 0.717) is 29.3 Å². The summed E-state index contributed by atoms with van der Waals surface area (Å²) in [5.74, 6) is -0.966. The Morgan fingerprint density at radius 2 is 1.88 bits per heavy atom. The molecule has 0 aliphatic heterocycles. The first kappa shape index (κ1) is 19.9. The average Bonchev–Trinajstić information content (AvgIpc) is 2.84. The SMILES string of the molecule is CC(C)Cc1cc(F)cc2cc(C(=O)OCCC(C)(C)C)n(C(=O)O)c12. The third kappa shape index (κ3) is 4.62. The van der Waals surface area contributed by atoms with Gasteiger partial charge in [0, 0.05) is 5.39 Å². The molecular formula is C20H26FNO4. The number of carboxylic acid groups (broad SMARTS) is 1. The Morgan fingerprint density at radius 1 is 1.23 bits per heavy atom. The van der Waals surface area contributed by atoms with Crippen molar-refractivity contribution in [3.8, 4) is 0 Å². The molecule has 0 spiro atoms. The van der Waals surface area contributed by atoms with E-state index in [4.69, 9.17) is 4.74 Å². The highest BCUT2D eigenvalue weighted by Crippen LogP contribution is 2.28. The van der Waals surface area contributed by atoms with Crippen LogP contribution in [-0.2, 0) is 11.2 Å². The number of esters is 1. The van der Waals surface area contributed by atoms with Crippen molar-refractivity contribution in [2.24, 2.45) is 11.3 Å². The van der Waals surface area contributed by atoms with E-state index in [2.05, 4.69) is 0 Å². The predicted molar refractivity (Wildman–Crippen MR) is 98.2 cm³/mol. The van der Waals surface area contributed by atoms with Crippen LogP contribution in [0.2, 0.25) is 0 Å². The van der Waals surface area contributed by atoms with Crippen LogP contribution in [0.5, 0.6) is 0 Å². The number of halogens is 1.